The number of aromatic nitrogens is 1. The van der Waals surface area contributed by atoms with Crippen molar-refractivity contribution in [1.29, 1.82) is 0 Å². The zero-order valence-electron chi connectivity index (χ0n) is 16.3. The van der Waals surface area contributed by atoms with E-state index in [2.05, 4.69) is 10.5 Å². The van der Waals surface area contributed by atoms with Gasteiger partial charge in [0.25, 0.3) is 5.91 Å². The first-order valence-electron chi connectivity index (χ1n) is 9.77. The summed E-state index contributed by atoms with van der Waals surface area (Å²) in [6, 6.07) is 15.4. The zero-order chi connectivity index (χ0) is 20.2. The first-order valence-corrected chi connectivity index (χ1v) is 10.6. The van der Waals surface area contributed by atoms with E-state index in [-0.39, 0.29) is 17.7 Å². The van der Waals surface area contributed by atoms with Crippen LogP contribution in [0.5, 0.6) is 0 Å². The maximum atomic E-state index is 12.6. The van der Waals surface area contributed by atoms with Crippen LogP contribution in [0.15, 0.2) is 53.1 Å². The number of hydrogen-bond donors (Lipinski definition) is 1. The van der Waals surface area contributed by atoms with Crippen LogP contribution in [-0.4, -0.2) is 35.5 Å². The van der Waals surface area contributed by atoms with E-state index < -0.39 is 0 Å². The van der Waals surface area contributed by atoms with Gasteiger partial charge < -0.3 is 14.7 Å². The molecule has 4 rings (SSSR count). The van der Waals surface area contributed by atoms with E-state index >= 15 is 0 Å². The van der Waals surface area contributed by atoms with Crippen molar-refractivity contribution >= 4 is 28.2 Å². The van der Waals surface area contributed by atoms with Gasteiger partial charge in [0.05, 0.1) is 9.88 Å². The fourth-order valence-electron chi connectivity index (χ4n) is 3.04. The first kappa shape index (κ1) is 19.4. The number of anilines is 1. The Morgan fingerprint density at radius 3 is 2.76 bits per heavy atom. The normalized spacial score (nSPS) is 13.3. The standard InChI is InChI=1S/C22H23N3O3S/c1-25(22(27)19-11-12-20(29-19)23-21(26)16-9-10-16)13-5-8-17-14-18(24-28-17)15-6-3-2-4-7-15/h2-4,6-7,11-12,14,16H,5,8-10,13H2,1H3,(H,23,26). The Morgan fingerprint density at radius 1 is 1.21 bits per heavy atom. The summed E-state index contributed by atoms with van der Waals surface area (Å²) in [5.41, 5.74) is 1.85. The lowest BCUT2D eigenvalue weighted by Gasteiger charge is -2.15. The number of nitrogens with one attached hydrogen (secondary N) is 1. The number of rotatable bonds is 8. The summed E-state index contributed by atoms with van der Waals surface area (Å²) in [6.07, 6.45) is 3.42. The highest BCUT2D eigenvalue weighted by Gasteiger charge is 2.30. The van der Waals surface area contributed by atoms with Gasteiger partial charge in [0, 0.05) is 37.6 Å². The minimum absolute atomic E-state index is 0.0375. The zero-order valence-corrected chi connectivity index (χ0v) is 17.1. The number of hydrogen-bond acceptors (Lipinski definition) is 5. The average molecular weight is 410 g/mol. The van der Waals surface area contributed by atoms with Crippen LogP contribution in [0, 0.1) is 5.92 Å². The van der Waals surface area contributed by atoms with Crippen molar-refractivity contribution in [3.05, 3.63) is 59.2 Å². The average Bonchev–Trinajstić information content (AvgIpc) is 3.32. The van der Waals surface area contributed by atoms with Crippen LogP contribution >= 0.6 is 11.3 Å². The van der Waals surface area contributed by atoms with Crippen LogP contribution in [0.1, 0.15) is 34.7 Å². The predicted octanol–water partition coefficient (Wildman–Crippen LogP) is 4.46. The second kappa shape index (κ2) is 8.61. The summed E-state index contributed by atoms with van der Waals surface area (Å²) in [5.74, 6) is 0.980. The SMILES string of the molecule is CN(CCCc1cc(-c2ccccc2)no1)C(=O)c1ccc(NC(=O)C2CC2)s1. The molecule has 0 atom stereocenters. The van der Waals surface area contributed by atoms with E-state index in [4.69, 9.17) is 4.52 Å². The number of thiophene rings is 1. The molecular formula is C22H23N3O3S. The Morgan fingerprint density at radius 2 is 2.00 bits per heavy atom. The lowest BCUT2D eigenvalue weighted by atomic mass is 10.1. The van der Waals surface area contributed by atoms with Crippen LogP contribution in [0.4, 0.5) is 5.00 Å². The largest absolute Gasteiger partial charge is 0.361 e. The van der Waals surface area contributed by atoms with Crippen LogP contribution in [-0.2, 0) is 11.2 Å². The molecule has 0 radical (unpaired) electrons. The van der Waals surface area contributed by atoms with E-state index in [9.17, 15) is 9.59 Å². The number of carbonyl (C=O) groups excluding carboxylic acids is 2. The maximum absolute atomic E-state index is 12.6. The maximum Gasteiger partial charge on any atom is 0.263 e. The van der Waals surface area contributed by atoms with E-state index in [1.807, 2.05) is 36.4 Å². The number of amides is 2. The fraction of sp³-hybridized carbons (Fsp3) is 0.318. The third-order valence-corrected chi connectivity index (χ3v) is 5.89. The lowest BCUT2D eigenvalue weighted by molar-refractivity contribution is -0.117. The molecule has 6 nitrogen and oxygen atoms in total. The highest BCUT2D eigenvalue weighted by Crippen LogP contribution is 2.31. The van der Waals surface area contributed by atoms with Gasteiger partial charge in [-0.15, -0.1) is 11.3 Å². The van der Waals surface area contributed by atoms with Crippen LogP contribution in [0.3, 0.4) is 0 Å². The molecule has 29 heavy (non-hydrogen) atoms. The number of aryl methyl sites for hydroxylation is 1. The van der Waals surface area contributed by atoms with Crippen molar-refractivity contribution in [2.75, 3.05) is 18.9 Å². The summed E-state index contributed by atoms with van der Waals surface area (Å²) in [4.78, 5) is 26.8. The van der Waals surface area contributed by atoms with E-state index in [0.717, 1.165) is 41.3 Å². The molecule has 0 saturated heterocycles. The minimum Gasteiger partial charge on any atom is -0.361 e. The molecule has 1 aromatic carbocycles. The first-order chi connectivity index (χ1) is 14.1. The Balaban J connectivity index is 1.26. The van der Waals surface area contributed by atoms with E-state index in [1.165, 1.54) is 11.3 Å². The molecule has 0 spiro atoms. The van der Waals surface area contributed by atoms with Crippen molar-refractivity contribution in [1.82, 2.24) is 10.1 Å². The molecule has 1 saturated carbocycles. The second-order valence-electron chi connectivity index (χ2n) is 7.30. The third kappa shape index (κ3) is 4.92. The van der Waals surface area contributed by atoms with Gasteiger partial charge in [0.2, 0.25) is 5.91 Å². The lowest BCUT2D eigenvalue weighted by Crippen LogP contribution is -2.27. The van der Waals surface area contributed by atoms with Crippen molar-refractivity contribution in [3.63, 3.8) is 0 Å². The van der Waals surface area contributed by atoms with Crippen molar-refractivity contribution in [2.45, 2.75) is 25.7 Å². The highest BCUT2D eigenvalue weighted by atomic mass is 32.1. The second-order valence-corrected chi connectivity index (χ2v) is 8.39. The Bertz CT molecular complexity index is 992. The van der Waals surface area contributed by atoms with Crippen LogP contribution in [0.25, 0.3) is 11.3 Å². The summed E-state index contributed by atoms with van der Waals surface area (Å²) >= 11 is 1.32. The monoisotopic (exact) mass is 409 g/mol. The molecule has 2 amide bonds. The highest BCUT2D eigenvalue weighted by molar-refractivity contribution is 7.18. The molecule has 1 fully saturated rings. The molecule has 150 valence electrons. The van der Waals surface area contributed by atoms with Gasteiger partial charge in [-0.2, -0.15) is 0 Å². The van der Waals surface area contributed by atoms with Crippen LogP contribution in [0.2, 0.25) is 0 Å². The number of carbonyl (C=O) groups is 2. The van der Waals surface area contributed by atoms with Crippen molar-refractivity contribution in [3.8, 4) is 11.3 Å². The van der Waals surface area contributed by atoms with Gasteiger partial charge in [-0.1, -0.05) is 35.5 Å². The molecular weight excluding hydrogens is 386 g/mol. The quantitative estimate of drug-likeness (QED) is 0.596. The fourth-order valence-corrected chi connectivity index (χ4v) is 3.95. The molecule has 0 bridgehead atoms. The van der Waals surface area contributed by atoms with Gasteiger partial charge in [-0.25, -0.2) is 0 Å². The third-order valence-electron chi connectivity index (χ3n) is 4.90. The van der Waals surface area contributed by atoms with Crippen LogP contribution < -0.4 is 5.32 Å². The summed E-state index contributed by atoms with van der Waals surface area (Å²) in [6.45, 7) is 0.613. The van der Waals surface area contributed by atoms with Gasteiger partial charge in [-0.3, -0.25) is 9.59 Å². The van der Waals surface area contributed by atoms with Crippen molar-refractivity contribution < 1.29 is 14.1 Å². The van der Waals surface area contributed by atoms with Gasteiger partial charge in [0.15, 0.2) is 0 Å². The molecule has 1 aliphatic rings. The Hall–Kier alpha value is -2.93. The molecule has 2 heterocycles. The summed E-state index contributed by atoms with van der Waals surface area (Å²) < 4.78 is 5.42. The number of nitrogens with zero attached hydrogens (tertiary/aromatic N) is 2. The van der Waals surface area contributed by atoms with Crippen molar-refractivity contribution in [2.24, 2.45) is 5.92 Å². The summed E-state index contributed by atoms with van der Waals surface area (Å²) in [7, 11) is 1.79. The van der Waals surface area contributed by atoms with E-state index in [1.54, 1.807) is 24.1 Å². The summed E-state index contributed by atoms with van der Waals surface area (Å²) in [5, 5.41) is 7.74. The van der Waals surface area contributed by atoms with E-state index in [0.29, 0.717) is 17.8 Å². The predicted molar refractivity (Wildman–Crippen MR) is 113 cm³/mol. The van der Waals surface area contributed by atoms with Gasteiger partial charge in [-0.05, 0) is 31.4 Å². The molecule has 2 aromatic heterocycles. The molecule has 1 aliphatic carbocycles. The molecule has 7 heteroatoms. The van der Waals surface area contributed by atoms with Gasteiger partial charge >= 0.3 is 0 Å². The minimum atomic E-state index is -0.0375. The number of benzene rings is 1. The molecule has 3 aromatic rings. The Labute approximate surface area is 173 Å². The Kier molecular flexibility index (Phi) is 5.76. The molecule has 0 unspecified atom stereocenters. The molecule has 0 aliphatic heterocycles. The smallest absolute Gasteiger partial charge is 0.263 e. The molecule has 1 N–H and O–H groups in total. The topological polar surface area (TPSA) is 75.4 Å². The van der Waals surface area contributed by atoms with Gasteiger partial charge in [0.1, 0.15) is 11.5 Å².